The zero-order chi connectivity index (χ0) is 19.7. The lowest BCUT2D eigenvalue weighted by Gasteiger charge is -2.34. The quantitative estimate of drug-likeness (QED) is 0.820. The van der Waals surface area contributed by atoms with E-state index in [-0.39, 0.29) is 23.8 Å². The summed E-state index contributed by atoms with van der Waals surface area (Å²) in [7, 11) is 3.49. The molecular formula is C22H27N3O3. The van der Waals surface area contributed by atoms with Gasteiger partial charge in [0, 0.05) is 31.9 Å². The number of hydrogen-bond acceptors (Lipinski definition) is 4. The molecule has 0 radical (unpaired) electrons. The van der Waals surface area contributed by atoms with Gasteiger partial charge in [0.1, 0.15) is 6.10 Å². The number of carbonyl (C=O) groups is 2. The molecule has 4 rings (SSSR count). The number of amides is 2. The molecule has 0 unspecified atom stereocenters. The van der Waals surface area contributed by atoms with Gasteiger partial charge in [0.15, 0.2) is 0 Å². The summed E-state index contributed by atoms with van der Waals surface area (Å²) in [6.45, 7) is 1.62. The number of para-hydroxylation sites is 1. The second kappa shape index (κ2) is 7.87. The number of benzene rings is 1. The van der Waals surface area contributed by atoms with Crippen LogP contribution in [0.1, 0.15) is 47.8 Å². The first kappa shape index (κ1) is 18.9. The molecule has 148 valence electrons. The van der Waals surface area contributed by atoms with Crippen LogP contribution >= 0.6 is 0 Å². The third-order valence-electron chi connectivity index (χ3n) is 5.79. The van der Waals surface area contributed by atoms with Crippen molar-refractivity contribution in [3.63, 3.8) is 0 Å². The van der Waals surface area contributed by atoms with Gasteiger partial charge in [0.25, 0.3) is 5.91 Å². The predicted molar refractivity (Wildman–Crippen MR) is 107 cm³/mol. The first-order valence-corrected chi connectivity index (χ1v) is 10.1. The highest BCUT2D eigenvalue weighted by atomic mass is 16.5. The molecule has 1 aliphatic heterocycles. The highest BCUT2D eigenvalue weighted by molar-refractivity contribution is 6.06. The van der Waals surface area contributed by atoms with Gasteiger partial charge < -0.3 is 14.5 Å². The van der Waals surface area contributed by atoms with Crippen molar-refractivity contribution in [2.75, 3.05) is 33.8 Å². The SMILES string of the molecule is CN(C)C(=O)c1cc([C@@H]2CN(C(=O)C3CCCC3)CCO2)nc2ccccc12. The van der Waals surface area contributed by atoms with Crippen molar-refractivity contribution < 1.29 is 14.3 Å². The highest BCUT2D eigenvalue weighted by Crippen LogP contribution is 2.30. The highest BCUT2D eigenvalue weighted by Gasteiger charge is 2.32. The molecule has 1 aromatic carbocycles. The van der Waals surface area contributed by atoms with E-state index in [0.717, 1.165) is 36.6 Å². The minimum Gasteiger partial charge on any atom is -0.368 e. The molecule has 1 saturated heterocycles. The fourth-order valence-electron chi connectivity index (χ4n) is 4.24. The van der Waals surface area contributed by atoms with E-state index in [0.29, 0.717) is 31.0 Å². The van der Waals surface area contributed by atoms with Crippen molar-refractivity contribution in [1.29, 1.82) is 0 Å². The molecule has 0 bridgehead atoms. The van der Waals surface area contributed by atoms with Crippen LogP contribution in [0.4, 0.5) is 0 Å². The largest absolute Gasteiger partial charge is 0.368 e. The Hall–Kier alpha value is -2.47. The van der Waals surface area contributed by atoms with E-state index in [2.05, 4.69) is 0 Å². The number of hydrogen-bond donors (Lipinski definition) is 0. The molecule has 1 saturated carbocycles. The van der Waals surface area contributed by atoms with Gasteiger partial charge in [-0.1, -0.05) is 31.0 Å². The molecule has 6 heteroatoms. The number of fused-ring (bicyclic) bond motifs is 1. The van der Waals surface area contributed by atoms with Crippen LogP contribution < -0.4 is 0 Å². The molecule has 1 atom stereocenters. The van der Waals surface area contributed by atoms with Gasteiger partial charge in [-0.15, -0.1) is 0 Å². The lowest BCUT2D eigenvalue weighted by Crippen LogP contribution is -2.44. The molecule has 2 fully saturated rings. The lowest BCUT2D eigenvalue weighted by molar-refractivity contribution is -0.143. The van der Waals surface area contributed by atoms with Gasteiger partial charge in [-0.05, 0) is 25.0 Å². The van der Waals surface area contributed by atoms with Crippen LogP contribution in [0.25, 0.3) is 10.9 Å². The molecule has 2 amide bonds. The fourth-order valence-corrected chi connectivity index (χ4v) is 4.24. The molecule has 1 aromatic heterocycles. The Labute approximate surface area is 165 Å². The fraction of sp³-hybridized carbons (Fsp3) is 0.500. The molecule has 6 nitrogen and oxygen atoms in total. The number of rotatable bonds is 3. The summed E-state index contributed by atoms with van der Waals surface area (Å²) in [5.74, 6) is 0.347. The molecule has 1 aliphatic carbocycles. The smallest absolute Gasteiger partial charge is 0.254 e. The molecule has 2 aromatic rings. The topological polar surface area (TPSA) is 62.7 Å². The Kier molecular flexibility index (Phi) is 5.31. The van der Waals surface area contributed by atoms with Crippen LogP contribution in [-0.2, 0) is 9.53 Å². The maximum absolute atomic E-state index is 12.8. The van der Waals surface area contributed by atoms with Crippen molar-refractivity contribution >= 4 is 22.7 Å². The van der Waals surface area contributed by atoms with Gasteiger partial charge in [0.05, 0.1) is 29.9 Å². The van der Waals surface area contributed by atoms with Crippen molar-refractivity contribution in [1.82, 2.24) is 14.8 Å². The monoisotopic (exact) mass is 381 g/mol. The van der Waals surface area contributed by atoms with Gasteiger partial charge in [0.2, 0.25) is 5.91 Å². The molecule has 2 heterocycles. The molecule has 0 spiro atoms. The van der Waals surface area contributed by atoms with Gasteiger partial charge in [-0.2, -0.15) is 0 Å². The number of nitrogens with zero attached hydrogens (tertiary/aromatic N) is 3. The van der Waals surface area contributed by atoms with Crippen molar-refractivity contribution in [3.8, 4) is 0 Å². The zero-order valence-corrected chi connectivity index (χ0v) is 16.6. The van der Waals surface area contributed by atoms with Crippen molar-refractivity contribution in [2.45, 2.75) is 31.8 Å². The molecular weight excluding hydrogens is 354 g/mol. The summed E-state index contributed by atoms with van der Waals surface area (Å²) in [4.78, 5) is 33.8. The van der Waals surface area contributed by atoms with E-state index in [1.165, 1.54) is 0 Å². The summed E-state index contributed by atoms with van der Waals surface area (Å²) in [5.41, 5.74) is 2.11. The summed E-state index contributed by atoms with van der Waals surface area (Å²) >= 11 is 0. The van der Waals surface area contributed by atoms with Crippen LogP contribution in [-0.4, -0.2) is 60.4 Å². The van der Waals surface area contributed by atoms with E-state index in [1.54, 1.807) is 19.0 Å². The summed E-state index contributed by atoms with van der Waals surface area (Å²) in [5, 5.41) is 0.833. The zero-order valence-electron chi connectivity index (χ0n) is 16.6. The minimum atomic E-state index is -0.308. The Morgan fingerprint density at radius 1 is 1.18 bits per heavy atom. The van der Waals surface area contributed by atoms with E-state index in [1.807, 2.05) is 35.2 Å². The van der Waals surface area contributed by atoms with E-state index >= 15 is 0 Å². The van der Waals surface area contributed by atoms with E-state index < -0.39 is 0 Å². The Morgan fingerprint density at radius 3 is 2.68 bits per heavy atom. The number of pyridine rings is 1. The Morgan fingerprint density at radius 2 is 1.93 bits per heavy atom. The standard InChI is InChI=1S/C22H27N3O3/c1-24(2)22(27)17-13-19(23-18-10-6-5-9-16(17)18)20-14-25(11-12-28-20)21(26)15-7-3-4-8-15/h5-6,9-10,13,15,20H,3-4,7-8,11-12,14H2,1-2H3/t20-/m0/s1. The van der Waals surface area contributed by atoms with Crippen LogP contribution in [0.5, 0.6) is 0 Å². The number of carbonyl (C=O) groups excluding carboxylic acids is 2. The summed E-state index contributed by atoms with van der Waals surface area (Å²) in [6, 6.07) is 9.49. The lowest BCUT2D eigenvalue weighted by atomic mass is 10.0. The van der Waals surface area contributed by atoms with Gasteiger partial charge in [-0.3, -0.25) is 9.59 Å². The first-order valence-electron chi connectivity index (χ1n) is 10.1. The number of aromatic nitrogens is 1. The maximum Gasteiger partial charge on any atom is 0.254 e. The van der Waals surface area contributed by atoms with E-state index in [9.17, 15) is 9.59 Å². The Bertz CT molecular complexity index is 890. The Balaban J connectivity index is 1.64. The van der Waals surface area contributed by atoms with Crippen LogP contribution in [0.15, 0.2) is 30.3 Å². The molecule has 0 N–H and O–H groups in total. The molecule has 2 aliphatic rings. The summed E-state index contributed by atoms with van der Waals surface area (Å²) < 4.78 is 5.97. The van der Waals surface area contributed by atoms with Gasteiger partial charge in [-0.25, -0.2) is 4.98 Å². The van der Waals surface area contributed by atoms with Crippen LogP contribution in [0.3, 0.4) is 0 Å². The minimum absolute atomic E-state index is 0.0606. The van der Waals surface area contributed by atoms with Crippen LogP contribution in [0, 0.1) is 5.92 Å². The predicted octanol–water partition coefficient (Wildman–Crippen LogP) is 3.03. The average Bonchev–Trinajstić information content (AvgIpc) is 3.26. The van der Waals surface area contributed by atoms with Crippen LogP contribution in [0.2, 0.25) is 0 Å². The maximum atomic E-state index is 12.8. The number of morpholine rings is 1. The second-order valence-electron chi connectivity index (χ2n) is 7.94. The third kappa shape index (κ3) is 3.61. The summed E-state index contributed by atoms with van der Waals surface area (Å²) in [6.07, 6.45) is 3.98. The number of ether oxygens (including phenoxy) is 1. The molecule has 28 heavy (non-hydrogen) atoms. The normalized spacial score (nSPS) is 20.5. The first-order chi connectivity index (χ1) is 13.5. The second-order valence-corrected chi connectivity index (χ2v) is 7.94. The van der Waals surface area contributed by atoms with Crippen molar-refractivity contribution in [2.24, 2.45) is 5.92 Å². The third-order valence-corrected chi connectivity index (χ3v) is 5.79. The van der Waals surface area contributed by atoms with E-state index in [4.69, 9.17) is 9.72 Å². The van der Waals surface area contributed by atoms with Gasteiger partial charge >= 0.3 is 0 Å². The van der Waals surface area contributed by atoms with Crippen molar-refractivity contribution in [3.05, 3.63) is 41.6 Å². The average molecular weight is 381 g/mol.